The van der Waals surface area contributed by atoms with Crippen LogP contribution in [0.3, 0.4) is 0 Å². The van der Waals surface area contributed by atoms with Crippen molar-refractivity contribution in [3.05, 3.63) is 33.6 Å². The molecular weight excluding hydrogens is 557 g/mol. The highest BCUT2D eigenvalue weighted by atomic mass is 79.9. The normalized spacial score (nSPS) is 14.5. The Bertz CT molecular complexity index is 1070. The summed E-state index contributed by atoms with van der Waals surface area (Å²) in [7, 11) is 2.08. The van der Waals surface area contributed by atoms with Crippen molar-refractivity contribution in [3.8, 4) is 11.6 Å². The third kappa shape index (κ3) is 7.43. The first kappa shape index (κ1) is 27.0. The van der Waals surface area contributed by atoms with E-state index in [0.29, 0.717) is 18.1 Å². The minimum Gasteiger partial charge on any atom is -0.469 e. The highest BCUT2D eigenvalue weighted by Crippen LogP contribution is 2.39. The first-order valence-corrected chi connectivity index (χ1v) is 12.1. The number of nitrogens with one attached hydrogen (secondary N) is 2. The standard InChI is InChI=1S/C20H24BrF3N6O4S/c1-29-5-7-30(8-6-29)4-2-3-26-20(32)27-18-16(34-19(25)31)17(28-35-18)33-10-11-13(22)9-12(21)15(24)14(11)23/h9H,2-8,10H2,1H3,(H2,25,31)(H2,26,27,32). The molecule has 0 radical (unpaired) electrons. The van der Waals surface area contributed by atoms with E-state index in [9.17, 15) is 22.8 Å². The second kappa shape index (κ2) is 12.4. The molecule has 1 fully saturated rings. The summed E-state index contributed by atoms with van der Waals surface area (Å²) in [4.78, 5) is 28.2. The summed E-state index contributed by atoms with van der Waals surface area (Å²) < 4.78 is 55.5. The van der Waals surface area contributed by atoms with Gasteiger partial charge < -0.3 is 30.3 Å². The molecule has 0 unspecified atom stereocenters. The summed E-state index contributed by atoms with van der Waals surface area (Å²) in [6, 6.07) is 0.167. The number of anilines is 1. The number of aromatic nitrogens is 1. The number of carbonyl (C=O) groups is 2. The molecule has 10 nitrogen and oxygen atoms in total. The maximum atomic E-state index is 14.1. The molecule has 4 N–H and O–H groups in total. The lowest BCUT2D eigenvalue weighted by molar-refractivity contribution is 0.153. The molecule has 3 rings (SSSR count). The lowest BCUT2D eigenvalue weighted by Crippen LogP contribution is -2.45. The number of hydrogen-bond donors (Lipinski definition) is 3. The number of hydrogen-bond acceptors (Lipinski definition) is 8. The van der Waals surface area contributed by atoms with Crippen LogP contribution >= 0.6 is 27.5 Å². The summed E-state index contributed by atoms with van der Waals surface area (Å²) in [5.41, 5.74) is 4.37. The molecule has 0 aliphatic carbocycles. The molecule has 0 bridgehead atoms. The van der Waals surface area contributed by atoms with Crippen molar-refractivity contribution in [3.63, 3.8) is 0 Å². The lowest BCUT2D eigenvalue weighted by atomic mass is 10.2. The van der Waals surface area contributed by atoms with Crippen molar-refractivity contribution in [1.29, 1.82) is 0 Å². The second-order valence-electron chi connectivity index (χ2n) is 7.68. The SMILES string of the molecule is CN1CCN(CCCNC(=O)Nc2snc(OCc3c(F)cc(Br)c(F)c3F)c2OC(N)=O)CC1. The van der Waals surface area contributed by atoms with E-state index in [0.717, 1.165) is 45.2 Å². The minimum absolute atomic E-state index is 0.0155. The quantitative estimate of drug-likeness (QED) is 0.236. The molecular formula is C20H24BrF3N6O4S. The van der Waals surface area contributed by atoms with Crippen LogP contribution in [0.15, 0.2) is 10.5 Å². The number of carbonyl (C=O) groups excluding carboxylic acids is 2. The zero-order valence-corrected chi connectivity index (χ0v) is 21.1. The first-order chi connectivity index (χ1) is 16.7. The first-order valence-electron chi connectivity index (χ1n) is 10.5. The molecule has 0 saturated carbocycles. The number of benzene rings is 1. The van der Waals surface area contributed by atoms with E-state index in [1.807, 2.05) is 0 Å². The van der Waals surface area contributed by atoms with Gasteiger partial charge in [0, 0.05) is 32.7 Å². The summed E-state index contributed by atoms with van der Waals surface area (Å²) in [5.74, 6) is -4.49. The Kier molecular flexibility index (Phi) is 9.54. The Morgan fingerprint density at radius 2 is 1.94 bits per heavy atom. The van der Waals surface area contributed by atoms with Crippen LogP contribution in [-0.4, -0.2) is 72.6 Å². The predicted molar refractivity (Wildman–Crippen MR) is 126 cm³/mol. The van der Waals surface area contributed by atoms with Crippen molar-refractivity contribution < 1.29 is 32.2 Å². The largest absolute Gasteiger partial charge is 0.469 e. The zero-order chi connectivity index (χ0) is 25.5. The maximum Gasteiger partial charge on any atom is 0.410 e. The fourth-order valence-electron chi connectivity index (χ4n) is 3.23. The average molecular weight is 581 g/mol. The van der Waals surface area contributed by atoms with E-state index in [2.05, 4.69) is 47.8 Å². The molecule has 1 aromatic carbocycles. The number of primary amides is 1. The van der Waals surface area contributed by atoms with Gasteiger partial charge in [-0.3, -0.25) is 5.32 Å². The fraction of sp³-hybridized carbons (Fsp3) is 0.450. The summed E-state index contributed by atoms with van der Waals surface area (Å²) in [5, 5.41) is 5.15. The fourth-order valence-corrected chi connectivity index (χ4v) is 4.26. The topological polar surface area (TPSA) is 122 Å². The van der Waals surface area contributed by atoms with E-state index in [4.69, 9.17) is 15.2 Å². The molecule has 2 heterocycles. The molecule has 1 aliphatic rings. The van der Waals surface area contributed by atoms with Gasteiger partial charge in [-0.25, -0.2) is 22.8 Å². The van der Waals surface area contributed by atoms with Crippen LogP contribution in [0.1, 0.15) is 12.0 Å². The van der Waals surface area contributed by atoms with Crippen molar-refractivity contribution in [2.24, 2.45) is 5.73 Å². The van der Waals surface area contributed by atoms with Crippen molar-refractivity contribution in [1.82, 2.24) is 19.5 Å². The molecule has 2 aromatic rings. The Balaban J connectivity index is 1.57. The van der Waals surface area contributed by atoms with Gasteiger partial charge in [0.1, 0.15) is 12.4 Å². The molecule has 0 atom stereocenters. The number of amides is 3. The molecule has 35 heavy (non-hydrogen) atoms. The van der Waals surface area contributed by atoms with E-state index in [1.54, 1.807) is 0 Å². The van der Waals surface area contributed by atoms with Gasteiger partial charge in [-0.1, -0.05) is 0 Å². The van der Waals surface area contributed by atoms with Crippen LogP contribution in [0.4, 0.5) is 27.8 Å². The Labute approximate surface area is 211 Å². The van der Waals surface area contributed by atoms with Crippen LogP contribution in [0.2, 0.25) is 0 Å². The number of ether oxygens (including phenoxy) is 2. The van der Waals surface area contributed by atoms with E-state index >= 15 is 0 Å². The molecule has 0 spiro atoms. The number of nitrogens with zero attached hydrogens (tertiary/aromatic N) is 3. The molecule has 1 aromatic heterocycles. The predicted octanol–water partition coefficient (Wildman–Crippen LogP) is 3.12. The zero-order valence-electron chi connectivity index (χ0n) is 18.7. The summed E-state index contributed by atoms with van der Waals surface area (Å²) in [6.07, 6.45) is -0.489. The van der Waals surface area contributed by atoms with Gasteiger partial charge in [0.2, 0.25) is 5.75 Å². The number of halogens is 4. The van der Waals surface area contributed by atoms with Crippen molar-refractivity contribution >= 4 is 44.6 Å². The van der Waals surface area contributed by atoms with Crippen LogP contribution in [0, 0.1) is 17.5 Å². The lowest BCUT2D eigenvalue weighted by Gasteiger charge is -2.32. The van der Waals surface area contributed by atoms with Gasteiger partial charge >= 0.3 is 12.1 Å². The van der Waals surface area contributed by atoms with E-state index in [-0.39, 0.29) is 21.1 Å². The second-order valence-corrected chi connectivity index (χ2v) is 9.31. The van der Waals surface area contributed by atoms with Gasteiger partial charge in [-0.05, 0) is 53.5 Å². The van der Waals surface area contributed by atoms with Gasteiger partial charge in [-0.2, -0.15) is 0 Å². The molecule has 15 heteroatoms. The highest BCUT2D eigenvalue weighted by Gasteiger charge is 2.24. The minimum atomic E-state index is -1.45. The molecule has 1 saturated heterocycles. The Morgan fingerprint density at radius 3 is 2.63 bits per heavy atom. The Morgan fingerprint density at radius 1 is 1.23 bits per heavy atom. The number of urea groups is 1. The molecule has 1 aliphatic heterocycles. The molecule has 192 valence electrons. The molecule has 3 amide bonds. The van der Waals surface area contributed by atoms with E-state index in [1.165, 1.54) is 0 Å². The van der Waals surface area contributed by atoms with Gasteiger partial charge in [0.05, 0.1) is 10.0 Å². The number of piperazine rings is 1. The van der Waals surface area contributed by atoms with Crippen molar-refractivity contribution in [2.45, 2.75) is 13.0 Å². The third-order valence-corrected chi connectivity index (χ3v) is 6.45. The Hall–Kier alpha value is -2.62. The number of rotatable bonds is 9. The van der Waals surface area contributed by atoms with E-state index < -0.39 is 41.7 Å². The maximum absolute atomic E-state index is 14.1. The van der Waals surface area contributed by atoms with Gasteiger partial charge in [0.25, 0.3) is 5.88 Å². The number of nitrogens with two attached hydrogens (primary N) is 1. The van der Waals surface area contributed by atoms with Gasteiger partial charge in [-0.15, -0.1) is 4.37 Å². The average Bonchev–Trinajstić information content (AvgIpc) is 3.16. The smallest absolute Gasteiger partial charge is 0.410 e. The van der Waals surface area contributed by atoms with Gasteiger partial charge in [0.15, 0.2) is 16.6 Å². The van der Waals surface area contributed by atoms with Crippen LogP contribution in [0.5, 0.6) is 11.6 Å². The highest BCUT2D eigenvalue weighted by molar-refractivity contribution is 9.10. The van der Waals surface area contributed by atoms with Crippen molar-refractivity contribution in [2.75, 3.05) is 51.6 Å². The van der Waals surface area contributed by atoms with Crippen LogP contribution < -0.4 is 25.8 Å². The van der Waals surface area contributed by atoms with Crippen LogP contribution in [-0.2, 0) is 6.61 Å². The number of likely N-dealkylation sites (N-methyl/N-ethyl adjacent to an activating group) is 1. The monoisotopic (exact) mass is 580 g/mol. The third-order valence-electron chi connectivity index (χ3n) is 5.14. The summed E-state index contributed by atoms with van der Waals surface area (Å²) in [6.45, 7) is 4.43. The van der Waals surface area contributed by atoms with Crippen LogP contribution in [0.25, 0.3) is 0 Å². The summed E-state index contributed by atoms with van der Waals surface area (Å²) >= 11 is 3.40.